The maximum Gasteiger partial charge on any atom is 0.311 e. The minimum atomic E-state index is -0.810. The molecule has 1 amide bonds. The van der Waals surface area contributed by atoms with E-state index in [0.717, 1.165) is 12.1 Å². The predicted octanol–water partition coefficient (Wildman–Crippen LogP) is 1.49. The molecule has 1 aromatic rings. The van der Waals surface area contributed by atoms with Crippen molar-refractivity contribution < 1.29 is 14.7 Å². The van der Waals surface area contributed by atoms with Crippen LogP contribution in [0.3, 0.4) is 0 Å². The Bertz CT molecular complexity index is 600. The van der Waals surface area contributed by atoms with Crippen LogP contribution in [0.2, 0.25) is 0 Å². The van der Waals surface area contributed by atoms with Gasteiger partial charge in [-0.1, -0.05) is 0 Å². The molecule has 1 aliphatic heterocycles. The van der Waals surface area contributed by atoms with Crippen LogP contribution in [-0.2, 0) is 4.79 Å². The molecule has 1 fully saturated rings. The van der Waals surface area contributed by atoms with Crippen molar-refractivity contribution >= 4 is 17.6 Å². The first-order chi connectivity index (χ1) is 9.74. The lowest BCUT2D eigenvalue weighted by atomic mass is 9.81. The van der Waals surface area contributed by atoms with Crippen molar-refractivity contribution in [3.05, 3.63) is 23.0 Å². The van der Waals surface area contributed by atoms with Crippen LogP contribution in [0.25, 0.3) is 0 Å². The van der Waals surface area contributed by atoms with Gasteiger partial charge in [0.15, 0.2) is 0 Å². The molecular weight excluding hydrogens is 270 g/mol. The molecule has 0 spiro atoms. The smallest absolute Gasteiger partial charge is 0.311 e. The number of primary amides is 1. The zero-order chi connectivity index (χ0) is 15.8. The maximum atomic E-state index is 11.7. The Morgan fingerprint density at radius 3 is 2.67 bits per heavy atom. The highest BCUT2D eigenvalue weighted by Gasteiger charge is 2.38. The van der Waals surface area contributed by atoms with Gasteiger partial charge in [0.25, 0.3) is 5.91 Å². The van der Waals surface area contributed by atoms with Gasteiger partial charge in [0.1, 0.15) is 0 Å². The van der Waals surface area contributed by atoms with Gasteiger partial charge in [0, 0.05) is 18.8 Å². The molecule has 6 nitrogen and oxygen atoms in total. The average molecular weight is 291 g/mol. The highest BCUT2D eigenvalue weighted by Crippen LogP contribution is 2.34. The first-order valence-corrected chi connectivity index (χ1v) is 7.01. The van der Waals surface area contributed by atoms with Crippen LogP contribution in [0.15, 0.2) is 6.07 Å². The molecule has 21 heavy (non-hydrogen) atoms. The summed E-state index contributed by atoms with van der Waals surface area (Å²) in [5, 5.41) is 9.42. The van der Waals surface area contributed by atoms with Crippen LogP contribution < -0.4 is 10.6 Å². The molecular formula is C15H21N3O3. The molecule has 0 bridgehead atoms. The molecule has 1 atom stereocenters. The van der Waals surface area contributed by atoms with Gasteiger partial charge < -0.3 is 15.7 Å². The summed E-state index contributed by atoms with van der Waals surface area (Å²) in [6, 6.07) is 1.81. The van der Waals surface area contributed by atoms with Gasteiger partial charge in [0.2, 0.25) is 0 Å². The third-order valence-electron chi connectivity index (χ3n) is 4.11. The number of aliphatic carboxylic acids is 1. The molecule has 1 aliphatic rings. The number of carboxylic acids is 1. The summed E-state index contributed by atoms with van der Waals surface area (Å²) in [5.41, 5.74) is 7.12. The number of carbonyl (C=O) groups is 2. The molecule has 0 aromatic carbocycles. The number of carboxylic acid groups (broad SMARTS) is 1. The van der Waals surface area contributed by atoms with E-state index in [1.807, 2.05) is 11.8 Å². The van der Waals surface area contributed by atoms with E-state index in [0.29, 0.717) is 36.5 Å². The Kier molecular flexibility index (Phi) is 3.89. The first-order valence-electron chi connectivity index (χ1n) is 7.01. The van der Waals surface area contributed by atoms with Gasteiger partial charge in [-0.3, -0.25) is 14.6 Å². The fraction of sp³-hybridized carbons (Fsp3) is 0.533. The summed E-state index contributed by atoms with van der Waals surface area (Å²) in [7, 11) is 0. The van der Waals surface area contributed by atoms with Gasteiger partial charge in [-0.2, -0.15) is 0 Å². The number of piperidine rings is 1. The topological polar surface area (TPSA) is 96.5 Å². The van der Waals surface area contributed by atoms with E-state index in [-0.39, 0.29) is 0 Å². The van der Waals surface area contributed by atoms with Crippen molar-refractivity contribution in [3.8, 4) is 0 Å². The van der Waals surface area contributed by atoms with E-state index in [2.05, 4.69) is 4.98 Å². The third kappa shape index (κ3) is 2.84. The SMILES string of the molecule is Cc1cc(N2CCCC(C)(C(=O)O)C2)c(C(N)=O)c(C)n1. The molecule has 2 rings (SSSR count). The van der Waals surface area contributed by atoms with Crippen LogP contribution in [-0.4, -0.2) is 35.1 Å². The average Bonchev–Trinajstić information content (AvgIpc) is 2.37. The van der Waals surface area contributed by atoms with E-state index in [9.17, 15) is 14.7 Å². The number of nitrogens with two attached hydrogens (primary N) is 1. The summed E-state index contributed by atoms with van der Waals surface area (Å²) < 4.78 is 0. The largest absolute Gasteiger partial charge is 0.481 e. The van der Waals surface area contributed by atoms with E-state index in [1.54, 1.807) is 19.9 Å². The van der Waals surface area contributed by atoms with Gasteiger partial charge in [0.05, 0.1) is 22.4 Å². The second kappa shape index (κ2) is 5.35. The molecule has 6 heteroatoms. The summed E-state index contributed by atoms with van der Waals surface area (Å²) in [6.07, 6.45) is 1.40. The number of carbonyl (C=O) groups excluding carboxylic acids is 1. The highest BCUT2D eigenvalue weighted by atomic mass is 16.4. The minimum Gasteiger partial charge on any atom is -0.481 e. The number of aryl methyl sites for hydroxylation is 2. The molecule has 2 heterocycles. The number of rotatable bonds is 3. The lowest BCUT2D eigenvalue weighted by molar-refractivity contribution is -0.148. The fourth-order valence-electron chi connectivity index (χ4n) is 2.98. The lowest BCUT2D eigenvalue weighted by Gasteiger charge is -2.39. The van der Waals surface area contributed by atoms with Crippen LogP contribution in [0.4, 0.5) is 5.69 Å². The van der Waals surface area contributed by atoms with Crippen molar-refractivity contribution in [2.45, 2.75) is 33.6 Å². The summed E-state index contributed by atoms with van der Waals surface area (Å²) >= 11 is 0. The molecule has 1 saturated heterocycles. The van der Waals surface area contributed by atoms with E-state index in [1.165, 1.54) is 0 Å². The minimum absolute atomic E-state index is 0.367. The third-order valence-corrected chi connectivity index (χ3v) is 4.11. The van der Waals surface area contributed by atoms with Gasteiger partial charge >= 0.3 is 5.97 Å². The van der Waals surface area contributed by atoms with Gasteiger partial charge in [-0.25, -0.2) is 0 Å². The molecule has 114 valence electrons. The molecule has 0 aliphatic carbocycles. The fourth-order valence-corrected chi connectivity index (χ4v) is 2.98. The summed E-state index contributed by atoms with van der Waals surface area (Å²) in [6.45, 7) is 6.42. The quantitative estimate of drug-likeness (QED) is 0.879. The lowest BCUT2D eigenvalue weighted by Crippen LogP contribution is -2.46. The normalized spacial score (nSPS) is 22.1. The number of aromatic nitrogens is 1. The highest BCUT2D eigenvalue weighted by molar-refractivity contribution is 6.00. The molecule has 1 unspecified atom stereocenters. The van der Waals surface area contributed by atoms with E-state index in [4.69, 9.17) is 5.73 Å². The van der Waals surface area contributed by atoms with Crippen LogP contribution >= 0.6 is 0 Å². The zero-order valence-corrected chi connectivity index (χ0v) is 12.6. The maximum absolute atomic E-state index is 11.7. The number of anilines is 1. The summed E-state index contributed by atoms with van der Waals surface area (Å²) in [4.78, 5) is 29.4. The Hall–Kier alpha value is -2.11. The predicted molar refractivity (Wildman–Crippen MR) is 79.4 cm³/mol. The zero-order valence-electron chi connectivity index (χ0n) is 12.6. The van der Waals surface area contributed by atoms with Crippen molar-refractivity contribution in [1.82, 2.24) is 4.98 Å². The Balaban J connectivity index is 2.46. The van der Waals surface area contributed by atoms with Crippen LogP contribution in [0, 0.1) is 19.3 Å². The van der Waals surface area contributed by atoms with Crippen molar-refractivity contribution in [1.29, 1.82) is 0 Å². The van der Waals surface area contributed by atoms with Crippen molar-refractivity contribution in [3.63, 3.8) is 0 Å². The van der Waals surface area contributed by atoms with Crippen LogP contribution in [0.5, 0.6) is 0 Å². The number of nitrogens with zero attached hydrogens (tertiary/aromatic N) is 2. The standard InChI is InChI=1S/C15H21N3O3/c1-9-7-11(12(13(16)19)10(2)17-9)18-6-4-5-15(3,8-18)14(20)21/h7H,4-6,8H2,1-3H3,(H2,16,19)(H,20,21). The number of pyridine rings is 1. The number of amides is 1. The van der Waals surface area contributed by atoms with Gasteiger partial charge in [-0.15, -0.1) is 0 Å². The summed E-state index contributed by atoms with van der Waals surface area (Å²) in [5.74, 6) is -1.34. The Morgan fingerprint density at radius 2 is 2.10 bits per heavy atom. The molecule has 1 aromatic heterocycles. The second-order valence-corrected chi connectivity index (χ2v) is 6.00. The van der Waals surface area contributed by atoms with Gasteiger partial charge in [-0.05, 0) is 39.7 Å². The first kappa shape index (κ1) is 15.3. The van der Waals surface area contributed by atoms with Crippen LogP contribution in [0.1, 0.15) is 41.5 Å². The second-order valence-electron chi connectivity index (χ2n) is 6.00. The monoisotopic (exact) mass is 291 g/mol. The van der Waals surface area contributed by atoms with Crippen molar-refractivity contribution in [2.75, 3.05) is 18.0 Å². The molecule has 0 saturated carbocycles. The number of hydrogen-bond donors (Lipinski definition) is 2. The Morgan fingerprint density at radius 1 is 1.43 bits per heavy atom. The van der Waals surface area contributed by atoms with E-state index < -0.39 is 17.3 Å². The molecule has 3 N–H and O–H groups in total. The number of hydrogen-bond acceptors (Lipinski definition) is 4. The molecule has 0 radical (unpaired) electrons. The Labute approximate surface area is 124 Å². The van der Waals surface area contributed by atoms with E-state index >= 15 is 0 Å². The van der Waals surface area contributed by atoms with Crippen molar-refractivity contribution in [2.24, 2.45) is 11.1 Å².